The third-order valence-corrected chi connectivity index (χ3v) is 2.98. The first-order valence-corrected chi connectivity index (χ1v) is 6.23. The minimum Gasteiger partial charge on any atom is -0.337 e. The second-order valence-corrected chi connectivity index (χ2v) is 4.46. The molecule has 1 heterocycles. The van der Waals surface area contributed by atoms with Crippen molar-refractivity contribution in [2.24, 2.45) is 5.73 Å². The first-order chi connectivity index (χ1) is 9.22. The number of H-pyrrole nitrogens is 1. The number of amides is 1. The van der Waals surface area contributed by atoms with E-state index in [1.165, 1.54) is 0 Å². The Morgan fingerprint density at radius 3 is 2.89 bits per heavy atom. The van der Waals surface area contributed by atoms with E-state index in [0.29, 0.717) is 19.5 Å². The lowest BCUT2D eigenvalue weighted by atomic mass is 10.0. The number of hydrogen-bond donors (Lipinski definition) is 2. The summed E-state index contributed by atoms with van der Waals surface area (Å²) < 4.78 is 0. The maximum absolute atomic E-state index is 12.4. The zero-order valence-corrected chi connectivity index (χ0v) is 11.0. The molecule has 19 heavy (non-hydrogen) atoms. The highest BCUT2D eigenvalue weighted by Gasteiger charge is 2.15. The predicted molar refractivity (Wildman–Crippen MR) is 73.6 cm³/mol. The zero-order valence-electron chi connectivity index (χ0n) is 11.0. The summed E-state index contributed by atoms with van der Waals surface area (Å²) in [6, 6.07) is 7.60. The normalized spacial score (nSPS) is 10.4. The van der Waals surface area contributed by atoms with E-state index in [1.54, 1.807) is 24.3 Å². The van der Waals surface area contributed by atoms with Gasteiger partial charge < -0.3 is 10.6 Å². The Morgan fingerprint density at radius 1 is 1.42 bits per heavy atom. The first kappa shape index (κ1) is 13.3. The van der Waals surface area contributed by atoms with Crippen molar-refractivity contribution < 1.29 is 4.79 Å². The van der Waals surface area contributed by atoms with Gasteiger partial charge in [0.1, 0.15) is 0 Å². The quantitative estimate of drug-likeness (QED) is 0.845. The van der Waals surface area contributed by atoms with E-state index in [-0.39, 0.29) is 5.91 Å². The highest BCUT2D eigenvalue weighted by Crippen LogP contribution is 2.13. The fraction of sp³-hybridized carbons (Fsp3) is 0.286. The molecule has 1 aromatic carbocycles. The van der Waals surface area contributed by atoms with Gasteiger partial charge in [0.15, 0.2) is 0 Å². The summed E-state index contributed by atoms with van der Waals surface area (Å²) in [6.07, 6.45) is 4.21. The number of nitrogens with zero attached hydrogens (tertiary/aromatic N) is 2. The molecule has 0 bridgehead atoms. The average Bonchev–Trinajstić information content (AvgIpc) is 2.92. The monoisotopic (exact) mass is 258 g/mol. The van der Waals surface area contributed by atoms with Gasteiger partial charge in [0, 0.05) is 30.9 Å². The fourth-order valence-electron chi connectivity index (χ4n) is 2.02. The standard InChI is InChI=1S/C14H18N4O/c1-18(10-11-8-16-17-9-11)14(19)13-5-3-2-4-12(13)6-7-15/h2-5,8-9H,6-7,10,15H2,1H3,(H,16,17). The molecule has 0 radical (unpaired) electrons. The molecule has 100 valence electrons. The molecule has 0 unspecified atom stereocenters. The number of hydrogen-bond acceptors (Lipinski definition) is 3. The van der Waals surface area contributed by atoms with Crippen LogP contribution in [0, 0.1) is 0 Å². The van der Waals surface area contributed by atoms with E-state index in [2.05, 4.69) is 10.2 Å². The van der Waals surface area contributed by atoms with Gasteiger partial charge in [-0.2, -0.15) is 5.10 Å². The Bertz CT molecular complexity index is 536. The zero-order chi connectivity index (χ0) is 13.7. The summed E-state index contributed by atoms with van der Waals surface area (Å²) in [5.41, 5.74) is 8.27. The minimum absolute atomic E-state index is 0.00486. The third-order valence-electron chi connectivity index (χ3n) is 2.98. The first-order valence-electron chi connectivity index (χ1n) is 6.23. The van der Waals surface area contributed by atoms with E-state index in [4.69, 9.17) is 5.73 Å². The molecule has 3 N–H and O–H groups in total. The number of aromatic amines is 1. The summed E-state index contributed by atoms with van der Waals surface area (Å²) in [5, 5.41) is 6.62. The molecule has 5 heteroatoms. The van der Waals surface area contributed by atoms with Gasteiger partial charge in [-0.25, -0.2) is 0 Å². The molecule has 0 spiro atoms. The summed E-state index contributed by atoms with van der Waals surface area (Å²) in [5.74, 6) is 0.00486. The number of carbonyl (C=O) groups is 1. The molecule has 2 rings (SSSR count). The van der Waals surface area contributed by atoms with Crippen molar-refractivity contribution in [1.29, 1.82) is 0 Å². The van der Waals surface area contributed by atoms with Crippen LogP contribution in [0.25, 0.3) is 0 Å². The van der Waals surface area contributed by atoms with Gasteiger partial charge in [0.05, 0.1) is 6.20 Å². The Morgan fingerprint density at radius 2 is 2.21 bits per heavy atom. The predicted octanol–water partition coefficient (Wildman–Crippen LogP) is 1.18. The third kappa shape index (κ3) is 3.20. The molecule has 2 aromatic rings. The van der Waals surface area contributed by atoms with Crippen LogP contribution in [0.5, 0.6) is 0 Å². The Hall–Kier alpha value is -2.14. The molecule has 0 saturated carbocycles. The molecule has 0 aliphatic carbocycles. The van der Waals surface area contributed by atoms with E-state index >= 15 is 0 Å². The highest BCUT2D eigenvalue weighted by atomic mass is 16.2. The topological polar surface area (TPSA) is 75.0 Å². The van der Waals surface area contributed by atoms with Crippen LogP contribution in [0.4, 0.5) is 0 Å². The van der Waals surface area contributed by atoms with Crippen LogP contribution >= 0.6 is 0 Å². The summed E-state index contributed by atoms with van der Waals surface area (Å²) in [6.45, 7) is 1.07. The van der Waals surface area contributed by atoms with Crippen LogP contribution in [0.2, 0.25) is 0 Å². The van der Waals surface area contributed by atoms with Gasteiger partial charge in [0.25, 0.3) is 5.91 Å². The summed E-state index contributed by atoms with van der Waals surface area (Å²) >= 11 is 0. The Balaban J connectivity index is 2.14. The van der Waals surface area contributed by atoms with Crippen LogP contribution in [-0.4, -0.2) is 34.6 Å². The summed E-state index contributed by atoms with van der Waals surface area (Å²) in [7, 11) is 1.79. The average molecular weight is 258 g/mol. The maximum Gasteiger partial charge on any atom is 0.254 e. The van der Waals surface area contributed by atoms with Crippen molar-refractivity contribution in [3.05, 3.63) is 53.3 Å². The van der Waals surface area contributed by atoms with Crippen molar-refractivity contribution in [3.8, 4) is 0 Å². The molecule has 0 atom stereocenters. The number of nitrogens with one attached hydrogen (secondary N) is 1. The van der Waals surface area contributed by atoms with Gasteiger partial charge >= 0.3 is 0 Å². The van der Waals surface area contributed by atoms with E-state index < -0.39 is 0 Å². The molecule has 1 amide bonds. The minimum atomic E-state index is 0.00486. The van der Waals surface area contributed by atoms with Gasteiger partial charge in [-0.15, -0.1) is 0 Å². The van der Waals surface area contributed by atoms with Crippen molar-refractivity contribution in [2.75, 3.05) is 13.6 Å². The molecule has 1 aromatic heterocycles. The van der Waals surface area contributed by atoms with E-state index in [9.17, 15) is 4.79 Å². The Kier molecular flexibility index (Phi) is 4.30. The number of carbonyl (C=O) groups excluding carboxylic acids is 1. The van der Waals surface area contributed by atoms with Gasteiger partial charge in [-0.05, 0) is 24.6 Å². The van der Waals surface area contributed by atoms with Crippen molar-refractivity contribution in [1.82, 2.24) is 15.1 Å². The molecule has 0 saturated heterocycles. The second kappa shape index (κ2) is 6.15. The van der Waals surface area contributed by atoms with E-state index in [0.717, 1.165) is 16.7 Å². The molecule has 0 aliphatic heterocycles. The molecule has 0 aliphatic rings. The lowest BCUT2D eigenvalue weighted by Crippen LogP contribution is -2.27. The fourth-order valence-corrected chi connectivity index (χ4v) is 2.02. The van der Waals surface area contributed by atoms with Crippen molar-refractivity contribution in [2.45, 2.75) is 13.0 Å². The van der Waals surface area contributed by atoms with Crippen molar-refractivity contribution >= 4 is 5.91 Å². The molecule has 0 fully saturated rings. The second-order valence-electron chi connectivity index (χ2n) is 4.46. The smallest absolute Gasteiger partial charge is 0.254 e. The van der Waals surface area contributed by atoms with Crippen LogP contribution in [-0.2, 0) is 13.0 Å². The number of rotatable bonds is 5. The number of benzene rings is 1. The lowest BCUT2D eigenvalue weighted by Gasteiger charge is -2.18. The molecule has 5 nitrogen and oxygen atoms in total. The van der Waals surface area contributed by atoms with Crippen molar-refractivity contribution in [3.63, 3.8) is 0 Å². The Labute approximate surface area is 112 Å². The van der Waals surface area contributed by atoms with E-state index in [1.807, 2.05) is 24.3 Å². The van der Waals surface area contributed by atoms with Crippen LogP contribution < -0.4 is 5.73 Å². The van der Waals surface area contributed by atoms with Gasteiger partial charge in [-0.1, -0.05) is 18.2 Å². The molecular weight excluding hydrogens is 240 g/mol. The lowest BCUT2D eigenvalue weighted by molar-refractivity contribution is 0.0784. The van der Waals surface area contributed by atoms with Crippen LogP contribution in [0.15, 0.2) is 36.7 Å². The van der Waals surface area contributed by atoms with Gasteiger partial charge in [-0.3, -0.25) is 9.89 Å². The van der Waals surface area contributed by atoms with Gasteiger partial charge in [0.2, 0.25) is 0 Å². The largest absolute Gasteiger partial charge is 0.337 e. The summed E-state index contributed by atoms with van der Waals surface area (Å²) in [4.78, 5) is 14.1. The highest BCUT2D eigenvalue weighted by molar-refractivity contribution is 5.95. The molecular formula is C14H18N4O. The maximum atomic E-state index is 12.4. The number of nitrogens with two attached hydrogens (primary N) is 1. The van der Waals surface area contributed by atoms with Crippen LogP contribution in [0.1, 0.15) is 21.5 Å². The number of aromatic nitrogens is 2. The van der Waals surface area contributed by atoms with Crippen LogP contribution in [0.3, 0.4) is 0 Å². The SMILES string of the molecule is CN(Cc1cn[nH]c1)C(=O)c1ccccc1CCN.